The average molecular weight is 484 g/mol. The molecule has 0 saturated heterocycles. The first-order valence-electron chi connectivity index (χ1n) is 12.8. The lowest BCUT2D eigenvalue weighted by Gasteiger charge is -2.34. The van der Waals surface area contributed by atoms with Crippen LogP contribution in [-0.2, 0) is 27.3 Å². The van der Waals surface area contributed by atoms with Gasteiger partial charge in [0.15, 0.2) is 0 Å². The van der Waals surface area contributed by atoms with Gasteiger partial charge in [-0.2, -0.15) is 0 Å². The molecule has 2 rings (SSSR count). The van der Waals surface area contributed by atoms with Gasteiger partial charge >= 0.3 is 0 Å². The van der Waals surface area contributed by atoms with Crippen molar-refractivity contribution in [3.05, 3.63) is 39.9 Å². The highest BCUT2D eigenvalue weighted by Crippen LogP contribution is 2.39. The molecule has 0 fully saturated rings. The molecule has 6 heteroatoms. The smallest absolute Gasteiger partial charge is 0.146 e. The Hall–Kier alpha value is -2.08. The van der Waals surface area contributed by atoms with Gasteiger partial charge in [0.05, 0.1) is 39.9 Å². The number of anilines is 1. The summed E-state index contributed by atoms with van der Waals surface area (Å²) in [5, 5.41) is 10.9. The Morgan fingerprint density at radius 2 is 0.943 bits per heavy atom. The van der Waals surface area contributed by atoms with E-state index < -0.39 is 5.60 Å². The van der Waals surface area contributed by atoms with Gasteiger partial charge in [0.2, 0.25) is 0 Å². The van der Waals surface area contributed by atoms with E-state index in [2.05, 4.69) is 69.2 Å². The molecule has 0 radical (unpaired) electrons. The number of hydrogen-bond acceptors (Lipinski definition) is 6. The second-order valence-corrected chi connectivity index (χ2v) is 14.1. The number of rotatable bonds is 6. The first-order chi connectivity index (χ1) is 15.5. The van der Waals surface area contributed by atoms with Crippen molar-refractivity contribution in [1.29, 1.82) is 0 Å². The molecule has 0 atom stereocenters. The van der Waals surface area contributed by atoms with Crippen molar-refractivity contribution in [3.8, 4) is 0 Å². The maximum atomic E-state index is 10.9. The Bertz CT molecular complexity index is 1080. The van der Waals surface area contributed by atoms with Crippen molar-refractivity contribution in [1.82, 2.24) is 19.9 Å². The standard InChI is InChI=1S/C29H49N5O/c1-17-19(25(3,4)5)34-24(30)23(32-17)28(11,12)16-15-27(9,10)20-18(2)31-21(26(6,7)8)22(33-20)29(13,14)35/h35H,15-16H2,1-14H3,(H2,30,34). The first-order valence-corrected chi connectivity index (χ1v) is 12.8. The molecule has 35 heavy (non-hydrogen) atoms. The number of aromatic nitrogens is 4. The Kier molecular flexibility index (Phi) is 7.58. The molecule has 0 aliphatic carbocycles. The van der Waals surface area contributed by atoms with Gasteiger partial charge < -0.3 is 10.8 Å². The fourth-order valence-corrected chi connectivity index (χ4v) is 4.71. The molecule has 0 saturated carbocycles. The van der Waals surface area contributed by atoms with Gasteiger partial charge in [-0.15, -0.1) is 0 Å². The summed E-state index contributed by atoms with van der Waals surface area (Å²) in [5.74, 6) is 0.512. The summed E-state index contributed by atoms with van der Waals surface area (Å²) >= 11 is 0. The molecule has 2 aromatic heterocycles. The van der Waals surface area contributed by atoms with E-state index in [0.717, 1.165) is 47.0 Å². The van der Waals surface area contributed by atoms with Crippen LogP contribution in [0.1, 0.15) is 136 Å². The molecule has 2 heterocycles. The van der Waals surface area contributed by atoms with E-state index in [1.54, 1.807) is 13.8 Å². The van der Waals surface area contributed by atoms with E-state index in [4.69, 9.17) is 25.7 Å². The number of nitrogen functional groups attached to an aromatic ring is 1. The van der Waals surface area contributed by atoms with Gasteiger partial charge in [-0.3, -0.25) is 15.0 Å². The number of aryl methyl sites for hydroxylation is 2. The SMILES string of the molecule is Cc1nc(C(C)(C)CCC(C)(C)c2nc(C(C)(C)O)c(C(C)(C)C)nc2C)c(N)nc1C(C)(C)C. The molecule has 0 aromatic carbocycles. The Morgan fingerprint density at radius 1 is 0.543 bits per heavy atom. The molecular weight excluding hydrogens is 434 g/mol. The zero-order valence-electron chi connectivity index (χ0n) is 24.7. The van der Waals surface area contributed by atoms with Crippen LogP contribution in [0.25, 0.3) is 0 Å². The first kappa shape index (κ1) is 29.2. The number of hydrogen-bond donors (Lipinski definition) is 2. The van der Waals surface area contributed by atoms with E-state index >= 15 is 0 Å². The minimum absolute atomic E-state index is 0.108. The summed E-state index contributed by atoms with van der Waals surface area (Å²) < 4.78 is 0. The molecule has 0 aliphatic heterocycles. The third-order valence-corrected chi connectivity index (χ3v) is 6.82. The van der Waals surface area contributed by atoms with Crippen molar-refractivity contribution in [2.24, 2.45) is 0 Å². The third kappa shape index (κ3) is 6.38. The molecular formula is C29H49N5O. The molecule has 3 N–H and O–H groups in total. The van der Waals surface area contributed by atoms with Crippen LogP contribution in [0.4, 0.5) is 5.82 Å². The summed E-state index contributed by atoms with van der Waals surface area (Å²) in [7, 11) is 0. The van der Waals surface area contributed by atoms with Crippen LogP contribution < -0.4 is 5.73 Å². The zero-order valence-corrected chi connectivity index (χ0v) is 24.7. The summed E-state index contributed by atoms with van der Waals surface area (Å²) in [6, 6.07) is 0. The van der Waals surface area contributed by atoms with Crippen LogP contribution in [-0.4, -0.2) is 25.0 Å². The van der Waals surface area contributed by atoms with Crippen LogP contribution >= 0.6 is 0 Å². The summed E-state index contributed by atoms with van der Waals surface area (Å²) in [6.45, 7) is 29.1. The molecule has 196 valence electrons. The molecule has 0 aliphatic rings. The van der Waals surface area contributed by atoms with Gasteiger partial charge in [-0.1, -0.05) is 69.2 Å². The topological polar surface area (TPSA) is 97.8 Å². The second-order valence-electron chi connectivity index (χ2n) is 14.1. The van der Waals surface area contributed by atoms with E-state index in [1.807, 2.05) is 13.8 Å². The van der Waals surface area contributed by atoms with E-state index in [1.165, 1.54) is 0 Å². The van der Waals surface area contributed by atoms with Crippen LogP contribution in [0.15, 0.2) is 0 Å². The van der Waals surface area contributed by atoms with Gasteiger partial charge in [-0.25, -0.2) is 4.98 Å². The van der Waals surface area contributed by atoms with Crippen molar-refractivity contribution in [3.63, 3.8) is 0 Å². The second kappa shape index (κ2) is 9.10. The fraction of sp³-hybridized carbons (Fsp3) is 0.724. The van der Waals surface area contributed by atoms with Crippen molar-refractivity contribution in [2.75, 3.05) is 5.73 Å². The monoisotopic (exact) mass is 483 g/mol. The highest BCUT2D eigenvalue weighted by Gasteiger charge is 2.36. The predicted molar refractivity (Wildman–Crippen MR) is 146 cm³/mol. The minimum atomic E-state index is -1.08. The van der Waals surface area contributed by atoms with Crippen molar-refractivity contribution in [2.45, 2.75) is 137 Å². The molecule has 0 unspecified atom stereocenters. The van der Waals surface area contributed by atoms with Crippen molar-refractivity contribution < 1.29 is 5.11 Å². The summed E-state index contributed by atoms with van der Waals surface area (Å²) in [4.78, 5) is 19.7. The Labute approximate surface area is 213 Å². The fourth-order valence-electron chi connectivity index (χ4n) is 4.71. The van der Waals surface area contributed by atoms with Gasteiger partial charge in [-0.05, 0) is 40.5 Å². The van der Waals surface area contributed by atoms with Crippen LogP contribution in [0.5, 0.6) is 0 Å². The number of nitrogens with two attached hydrogens (primary N) is 1. The normalized spacial score (nSPS) is 13.9. The average Bonchev–Trinajstić information content (AvgIpc) is 2.65. The highest BCUT2D eigenvalue weighted by atomic mass is 16.3. The molecule has 6 nitrogen and oxygen atoms in total. The maximum Gasteiger partial charge on any atom is 0.146 e. The Balaban J connectivity index is 2.45. The maximum absolute atomic E-state index is 10.9. The predicted octanol–water partition coefficient (Wildman–Crippen LogP) is 6.32. The van der Waals surface area contributed by atoms with E-state index in [-0.39, 0.29) is 21.7 Å². The lowest BCUT2D eigenvalue weighted by molar-refractivity contribution is 0.0703. The van der Waals surface area contributed by atoms with E-state index in [0.29, 0.717) is 11.5 Å². The summed E-state index contributed by atoms with van der Waals surface area (Å²) in [6.07, 6.45) is 1.71. The van der Waals surface area contributed by atoms with Crippen LogP contribution in [0.2, 0.25) is 0 Å². The zero-order chi connectivity index (χ0) is 27.4. The molecule has 0 bridgehead atoms. The molecule has 0 amide bonds. The van der Waals surface area contributed by atoms with Crippen molar-refractivity contribution >= 4 is 5.82 Å². The Morgan fingerprint density at radius 3 is 1.37 bits per heavy atom. The summed E-state index contributed by atoms with van der Waals surface area (Å²) in [5.41, 5.74) is 10.6. The van der Waals surface area contributed by atoms with Crippen LogP contribution in [0, 0.1) is 13.8 Å². The third-order valence-electron chi connectivity index (χ3n) is 6.82. The number of aliphatic hydroxyl groups is 1. The quantitative estimate of drug-likeness (QED) is 0.498. The van der Waals surface area contributed by atoms with Gasteiger partial charge in [0.1, 0.15) is 11.4 Å². The lowest BCUT2D eigenvalue weighted by Crippen LogP contribution is -2.33. The number of nitrogens with zero attached hydrogens (tertiary/aromatic N) is 4. The van der Waals surface area contributed by atoms with Gasteiger partial charge in [0, 0.05) is 21.7 Å². The lowest BCUT2D eigenvalue weighted by atomic mass is 9.74. The van der Waals surface area contributed by atoms with E-state index in [9.17, 15) is 5.11 Å². The van der Waals surface area contributed by atoms with Gasteiger partial charge in [0.25, 0.3) is 0 Å². The largest absolute Gasteiger partial charge is 0.384 e. The molecule has 0 spiro atoms. The highest BCUT2D eigenvalue weighted by molar-refractivity contribution is 5.42. The molecule has 2 aromatic rings. The minimum Gasteiger partial charge on any atom is -0.384 e. The van der Waals surface area contributed by atoms with Crippen LogP contribution in [0.3, 0.4) is 0 Å².